The zero-order valence-corrected chi connectivity index (χ0v) is 10.4. The summed E-state index contributed by atoms with van der Waals surface area (Å²) >= 11 is 0. The van der Waals surface area contributed by atoms with Crippen LogP contribution in [-0.2, 0) is 15.7 Å². The van der Waals surface area contributed by atoms with Gasteiger partial charge in [-0.1, -0.05) is 6.92 Å². The highest BCUT2D eigenvalue weighted by atomic mass is 19.4. The summed E-state index contributed by atoms with van der Waals surface area (Å²) in [5.41, 5.74) is 3.99. The Morgan fingerprint density at radius 1 is 1.42 bits per heavy atom. The van der Waals surface area contributed by atoms with E-state index in [9.17, 15) is 18.0 Å². The summed E-state index contributed by atoms with van der Waals surface area (Å²) in [4.78, 5) is 11.4. The summed E-state index contributed by atoms with van der Waals surface area (Å²) in [6, 6.07) is 3.19. The van der Waals surface area contributed by atoms with Crippen LogP contribution < -0.4 is 11.1 Å². The molecule has 0 bridgehead atoms. The summed E-state index contributed by atoms with van der Waals surface area (Å²) in [6.07, 6.45) is -3.86. The Labute approximate surface area is 108 Å². The van der Waals surface area contributed by atoms with E-state index in [1.807, 2.05) is 6.92 Å². The molecule has 19 heavy (non-hydrogen) atoms. The number of hydrogen-bond acceptors (Lipinski definition) is 3. The molecule has 1 amide bonds. The maximum atomic E-state index is 12.7. The molecule has 0 heterocycles. The molecule has 0 saturated carbocycles. The smallest absolute Gasteiger partial charge is 0.399 e. The first-order valence-corrected chi connectivity index (χ1v) is 5.69. The molecule has 3 N–H and O–H groups in total. The van der Waals surface area contributed by atoms with Crippen molar-refractivity contribution in [1.82, 2.24) is 0 Å². The molecule has 0 unspecified atom stereocenters. The number of alkyl halides is 3. The predicted molar refractivity (Wildman–Crippen MR) is 65.6 cm³/mol. The number of carbonyl (C=O) groups excluding carboxylic acids is 1. The largest absolute Gasteiger partial charge is 0.418 e. The molecule has 1 aromatic carbocycles. The SMILES string of the molecule is CCCOCC(=O)Nc1ccc(N)cc1C(F)(F)F. The first-order chi connectivity index (χ1) is 8.84. The van der Waals surface area contributed by atoms with Crippen LogP contribution in [0.4, 0.5) is 24.5 Å². The molecule has 0 atom stereocenters. The average molecular weight is 276 g/mol. The van der Waals surface area contributed by atoms with Gasteiger partial charge >= 0.3 is 6.18 Å². The number of halogens is 3. The van der Waals surface area contributed by atoms with Crippen molar-refractivity contribution < 1.29 is 22.7 Å². The monoisotopic (exact) mass is 276 g/mol. The van der Waals surface area contributed by atoms with E-state index in [-0.39, 0.29) is 18.0 Å². The van der Waals surface area contributed by atoms with Gasteiger partial charge in [0.05, 0.1) is 11.3 Å². The second kappa shape index (κ2) is 6.42. The maximum absolute atomic E-state index is 12.7. The van der Waals surface area contributed by atoms with Gasteiger partial charge in [-0.15, -0.1) is 0 Å². The molecule has 0 aliphatic carbocycles. The van der Waals surface area contributed by atoms with Crippen LogP contribution >= 0.6 is 0 Å². The Morgan fingerprint density at radius 2 is 2.11 bits per heavy atom. The Bertz CT molecular complexity index is 447. The van der Waals surface area contributed by atoms with Gasteiger partial charge in [-0.2, -0.15) is 13.2 Å². The molecule has 0 spiro atoms. The highest BCUT2D eigenvalue weighted by Gasteiger charge is 2.34. The number of carbonyl (C=O) groups is 1. The topological polar surface area (TPSA) is 64.3 Å². The summed E-state index contributed by atoms with van der Waals surface area (Å²) in [7, 11) is 0. The maximum Gasteiger partial charge on any atom is 0.418 e. The zero-order chi connectivity index (χ0) is 14.5. The Hall–Kier alpha value is -1.76. The third-order valence-electron chi connectivity index (χ3n) is 2.20. The normalized spacial score (nSPS) is 11.4. The van der Waals surface area contributed by atoms with Crippen molar-refractivity contribution in [2.45, 2.75) is 19.5 Å². The van der Waals surface area contributed by atoms with Crippen LogP contribution in [0.2, 0.25) is 0 Å². The number of hydrogen-bond donors (Lipinski definition) is 2. The van der Waals surface area contributed by atoms with Crippen LogP contribution in [0, 0.1) is 0 Å². The van der Waals surface area contributed by atoms with Crippen molar-refractivity contribution in [2.75, 3.05) is 24.3 Å². The van der Waals surface area contributed by atoms with Gasteiger partial charge in [-0.05, 0) is 24.6 Å². The fourth-order valence-corrected chi connectivity index (χ4v) is 1.40. The second-order valence-corrected chi connectivity index (χ2v) is 3.90. The van der Waals surface area contributed by atoms with E-state index in [1.54, 1.807) is 0 Å². The van der Waals surface area contributed by atoms with Gasteiger partial charge < -0.3 is 15.8 Å². The van der Waals surface area contributed by atoms with Crippen molar-refractivity contribution >= 4 is 17.3 Å². The van der Waals surface area contributed by atoms with E-state index in [4.69, 9.17) is 10.5 Å². The number of nitrogens with two attached hydrogens (primary N) is 1. The van der Waals surface area contributed by atoms with Crippen molar-refractivity contribution in [3.05, 3.63) is 23.8 Å². The first kappa shape index (κ1) is 15.3. The molecule has 1 rings (SSSR count). The van der Waals surface area contributed by atoms with Gasteiger partial charge in [0.2, 0.25) is 5.91 Å². The summed E-state index contributed by atoms with van der Waals surface area (Å²) in [5, 5.41) is 2.16. The lowest BCUT2D eigenvalue weighted by molar-refractivity contribution is -0.137. The van der Waals surface area contributed by atoms with Crippen LogP contribution in [0.15, 0.2) is 18.2 Å². The highest BCUT2D eigenvalue weighted by Crippen LogP contribution is 2.35. The number of anilines is 2. The number of nitrogens with one attached hydrogen (secondary N) is 1. The fraction of sp³-hybridized carbons (Fsp3) is 0.417. The number of rotatable bonds is 5. The molecule has 106 valence electrons. The lowest BCUT2D eigenvalue weighted by Gasteiger charge is -2.14. The average Bonchev–Trinajstić information content (AvgIpc) is 2.30. The van der Waals surface area contributed by atoms with E-state index in [0.717, 1.165) is 18.6 Å². The van der Waals surface area contributed by atoms with Gasteiger partial charge in [-0.25, -0.2) is 0 Å². The van der Waals surface area contributed by atoms with Gasteiger partial charge in [0, 0.05) is 12.3 Å². The number of amides is 1. The summed E-state index contributed by atoms with van der Waals surface area (Å²) < 4.78 is 43.2. The minimum Gasteiger partial charge on any atom is -0.399 e. The lowest BCUT2D eigenvalue weighted by Crippen LogP contribution is -2.21. The third kappa shape index (κ3) is 4.78. The second-order valence-electron chi connectivity index (χ2n) is 3.90. The Balaban J connectivity index is 2.80. The van der Waals surface area contributed by atoms with Crippen molar-refractivity contribution in [1.29, 1.82) is 0 Å². The lowest BCUT2D eigenvalue weighted by atomic mass is 10.1. The van der Waals surface area contributed by atoms with E-state index in [0.29, 0.717) is 6.61 Å². The van der Waals surface area contributed by atoms with Crippen molar-refractivity contribution in [3.8, 4) is 0 Å². The molecule has 0 saturated heterocycles. The minimum absolute atomic E-state index is 0.0208. The predicted octanol–water partition coefficient (Wildman–Crippen LogP) is 2.65. The number of benzene rings is 1. The Morgan fingerprint density at radius 3 is 2.68 bits per heavy atom. The van der Waals surface area contributed by atoms with E-state index in [2.05, 4.69) is 5.32 Å². The van der Waals surface area contributed by atoms with Gasteiger partial charge in [0.15, 0.2) is 0 Å². The highest BCUT2D eigenvalue weighted by molar-refractivity contribution is 5.92. The summed E-state index contributed by atoms with van der Waals surface area (Å²) in [6.45, 7) is 1.95. The first-order valence-electron chi connectivity index (χ1n) is 5.69. The molecule has 0 aliphatic heterocycles. The van der Waals surface area contributed by atoms with Crippen LogP contribution in [0.5, 0.6) is 0 Å². The number of ether oxygens (including phenoxy) is 1. The number of nitrogen functional groups attached to an aromatic ring is 1. The molecule has 0 radical (unpaired) electrons. The van der Waals surface area contributed by atoms with E-state index in [1.165, 1.54) is 6.07 Å². The molecular weight excluding hydrogens is 261 g/mol. The minimum atomic E-state index is -4.58. The van der Waals surface area contributed by atoms with E-state index >= 15 is 0 Å². The van der Waals surface area contributed by atoms with Crippen LogP contribution in [0.25, 0.3) is 0 Å². The van der Waals surface area contributed by atoms with Gasteiger partial charge in [0.25, 0.3) is 0 Å². The standard InChI is InChI=1S/C12H15F3N2O2/c1-2-5-19-7-11(18)17-10-4-3-8(16)6-9(10)12(13,14)15/h3-4,6H,2,5,7,16H2,1H3,(H,17,18). The summed E-state index contributed by atoms with van der Waals surface area (Å²) in [5.74, 6) is -0.635. The fourth-order valence-electron chi connectivity index (χ4n) is 1.40. The Kier molecular flexibility index (Phi) is 5.17. The van der Waals surface area contributed by atoms with E-state index < -0.39 is 17.6 Å². The molecule has 7 heteroatoms. The third-order valence-corrected chi connectivity index (χ3v) is 2.20. The van der Waals surface area contributed by atoms with Crippen LogP contribution in [0.3, 0.4) is 0 Å². The van der Waals surface area contributed by atoms with Crippen LogP contribution in [0.1, 0.15) is 18.9 Å². The molecule has 4 nitrogen and oxygen atoms in total. The molecule has 1 aromatic rings. The molecular formula is C12H15F3N2O2. The van der Waals surface area contributed by atoms with Crippen molar-refractivity contribution in [3.63, 3.8) is 0 Å². The van der Waals surface area contributed by atoms with Crippen molar-refractivity contribution in [2.24, 2.45) is 0 Å². The van der Waals surface area contributed by atoms with Gasteiger partial charge in [0.1, 0.15) is 6.61 Å². The quantitative estimate of drug-likeness (QED) is 0.642. The molecule has 0 aliphatic rings. The van der Waals surface area contributed by atoms with Crippen LogP contribution in [-0.4, -0.2) is 19.1 Å². The molecule has 0 fully saturated rings. The molecule has 0 aromatic heterocycles. The zero-order valence-electron chi connectivity index (χ0n) is 10.4. The van der Waals surface area contributed by atoms with Gasteiger partial charge in [-0.3, -0.25) is 4.79 Å².